The summed E-state index contributed by atoms with van der Waals surface area (Å²) in [6.45, 7) is 1.79. The Balaban J connectivity index is 1.84. The molecule has 0 aromatic heterocycles. The highest BCUT2D eigenvalue weighted by Crippen LogP contribution is 2.37. The molecule has 3 N–H and O–H groups in total. The molecule has 1 amide bonds. The molecule has 0 bridgehead atoms. The number of ether oxygens (including phenoxy) is 1. The van der Waals surface area contributed by atoms with Crippen LogP contribution in [0, 0.1) is 11.3 Å². The predicted molar refractivity (Wildman–Crippen MR) is 78.0 cm³/mol. The quantitative estimate of drug-likeness (QED) is 0.604. The van der Waals surface area contributed by atoms with E-state index in [0.717, 1.165) is 0 Å². The van der Waals surface area contributed by atoms with Crippen LogP contribution in [-0.4, -0.2) is 36.2 Å². The molecule has 1 aromatic carbocycles. The number of benzene rings is 1. The predicted octanol–water partition coefficient (Wildman–Crippen LogP) is 1.36. The third kappa shape index (κ3) is 2.50. The maximum Gasteiger partial charge on any atom is 0.258 e. The highest BCUT2D eigenvalue weighted by atomic mass is 35.5. The lowest BCUT2D eigenvalue weighted by atomic mass is 9.97. The highest BCUT2D eigenvalue weighted by Gasteiger charge is 2.42. The van der Waals surface area contributed by atoms with Crippen LogP contribution in [0.3, 0.4) is 0 Å². The van der Waals surface area contributed by atoms with Crippen LogP contribution in [0.5, 0.6) is 5.75 Å². The number of anilines is 1. The Kier molecular flexibility index (Phi) is 3.40. The van der Waals surface area contributed by atoms with Gasteiger partial charge in [0.15, 0.2) is 5.72 Å². The Morgan fingerprint density at radius 1 is 1.48 bits per heavy atom. The first-order valence-electron chi connectivity index (χ1n) is 6.73. The fourth-order valence-corrected chi connectivity index (χ4v) is 2.90. The van der Waals surface area contributed by atoms with E-state index >= 15 is 0 Å². The molecule has 2 heterocycles. The number of nitrogens with two attached hydrogens (primary N) is 1. The molecule has 3 rings (SSSR count). The number of likely N-dealkylation sites (tertiary alicyclic amines) is 1. The minimum atomic E-state index is -0.712. The molecule has 2 aliphatic rings. The molecule has 1 aromatic rings. The van der Waals surface area contributed by atoms with Crippen molar-refractivity contribution in [3.05, 3.63) is 22.7 Å². The molecule has 0 saturated carbocycles. The van der Waals surface area contributed by atoms with E-state index < -0.39 is 5.72 Å². The number of nitrogens with zero attached hydrogens (tertiary/aromatic N) is 2. The van der Waals surface area contributed by atoms with Gasteiger partial charge in [-0.3, -0.25) is 9.69 Å². The summed E-state index contributed by atoms with van der Waals surface area (Å²) < 4.78 is 6.01. The van der Waals surface area contributed by atoms with E-state index in [4.69, 9.17) is 27.3 Å². The van der Waals surface area contributed by atoms with Crippen molar-refractivity contribution in [2.24, 2.45) is 0 Å². The third-order valence-electron chi connectivity index (χ3n) is 3.95. The van der Waals surface area contributed by atoms with Crippen LogP contribution in [0.25, 0.3) is 0 Å². The largest absolute Gasteiger partial charge is 0.467 e. The first-order chi connectivity index (χ1) is 10.0. The molecule has 21 heavy (non-hydrogen) atoms. The van der Waals surface area contributed by atoms with Crippen molar-refractivity contribution in [1.29, 1.82) is 5.26 Å². The minimum absolute atomic E-state index is 0.202. The summed E-state index contributed by atoms with van der Waals surface area (Å²) in [6.07, 6.45) is 1.25. The number of carbonyl (C=O) groups excluding carboxylic acids is 1. The Hall–Kier alpha value is -1.97. The molecule has 6 nitrogen and oxygen atoms in total. The van der Waals surface area contributed by atoms with Crippen molar-refractivity contribution in [1.82, 2.24) is 10.2 Å². The summed E-state index contributed by atoms with van der Waals surface area (Å²) >= 11 is 5.94. The summed E-state index contributed by atoms with van der Waals surface area (Å²) in [4.78, 5) is 14.3. The van der Waals surface area contributed by atoms with E-state index in [1.807, 2.05) is 4.90 Å². The Morgan fingerprint density at radius 2 is 2.19 bits per heavy atom. The lowest BCUT2D eigenvalue weighted by Gasteiger charge is -2.44. The number of amides is 1. The van der Waals surface area contributed by atoms with Gasteiger partial charge in [0, 0.05) is 32.0 Å². The molecular formula is C14H15ClN4O2. The summed E-state index contributed by atoms with van der Waals surface area (Å²) in [5.41, 5.74) is 5.86. The molecule has 0 aliphatic carbocycles. The molecular weight excluding hydrogens is 292 g/mol. The van der Waals surface area contributed by atoms with Gasteiger partial charge in [0.25, 0.3) is 5.91 Å². The number of nitrogens with one attached hydrogen (secondary N) is 1. The van der Waals surface area contributed by atoms with Crippen LogP contribution >= 0.6 is 11.6 Å². The molecule has 0 atom stereocenters. The van der Waals surface area contributed by atoms with E-state index in [1.54, 1.807) is 6.07 Å². The van der Waals surface area contributed by atoms with Crippen LogP contribution in [0.2, 0.25) is 5.02 Å². The first-order valence-corrected chi connectivity index (χ1v) is 7.11. The normalized spacial score (nSPS) is 20.3. The second-order valence-electron chi connectivity index (χ2n) is 5.35. The van der Waals surface area contributed by atoms with Gasteiger partial charge < -0.3 is 15.8 Å². The molecule has 1 saturated heterocycles. The summed E-state index contributed by atoms with van der Waals surface area (Å²) in [6, 6.07) is 5.26. The van der Waals surface area contributed by atoms with Crippen molar-refractivity contribution in [3.8, 4) is 11.8 Å². The van der Waals surface area contributed by atoms with Crippen LogP contribution in [0.4, 0.5) is 5.69 Å². The Labute approximate surface area is 127 Å². The van der Waals surface area contributed by atoms with Gasteiger partial charge in [0.2, 0.25) is 0 Å². The van der Waals surface area contributed by atoms with Crippen molar-refractivity contribution in [2.45, 2.75) is 18.6 Å². The van der Waals surface area contributed by atoms with Crippen LogP contribution in [-0.2, 0) is 0 Å². The van der Waals surface area contributed by atoms with Crippen molar-refractivity contribution in [3.63, 3.8) is 0 Å². The first kappa shape index (κ1) is 14.0. The van der Waals surface area contributed by atoms with E-state index in [9.17, 15) is 4.79 Å². The van der Waals surface area contributed by atoms with Gasteiger partial charge in [-0.1, -0.05) is 11.6 Å². The second-order valence-corrected chi connectivity index (χ2v) is 5.76. The third-order valence-corrected chi connectivity index (χ3v) is 4.28. The number of piperidine rings is 1. The zero-order valence-corrected chi connectivity index (χ0v) is 12.1. The van der Waals surface area contributed by atoms with E-state index in [2.05, 4.69) is 11.4 Å². The van der Waals surface area contributed by atoms with E-state index in [1.165, 1.54) is 6.07 Å². The fraction of sp³-hybridized carbons (Fsp3) is 0.429. The van der Waals surface area contributed by atoms with Crippen molar-refractivity contribution >= 4 is 23.2 Å². The molecule has 1 fully saturated rings. The summed E-state index contributed by atoms with van der Waals surface area (Å²) in [7, 11) is 0. The summed E-state index contributed by atoms with van der Waals surface area (Å²) in [5, 5.41) is 12.0. The smallest absolute Gasteiger partial charge is 0.258 e. The van der Waals surface area contributed by atoms with Gasteiger partial charge in [0.1, 0.15) is 5.75 Å². The number of hydrogen-bond acceptors (Lipinski definition) is 5. The number of rotatable bonds is 1. The minimum Gasteiger partial charge on any atom is -0.467 e. The maximum atomic E-state index is 12.3. The molecule has 110 valence electrons. The lowest BCUT2D eigenvalue weighted by Crippen LogP contribution is -2.61. The fourth-order valence-electron chi connectivity index (χ4n) is 2.74. The maximum absolute atomic E-state index is 12.3. The van der Waals surface area contributed by atoms with Crippen molar-refractivity contribution < 1.29 is 9.53 Å². The van der Waals surface area contributed by atoms with Crippen LogP contribution in [0.15, 0.2) is 12.1 Å². The van der Waals surface area contributed by atoms with Gasteiger partial charge >= 0.3 is 0 Å². The summed E-state index contributed by atoms with van der Waals surface area (Å²) in [5.74, 6) is 0.265. The molecule has 1 spiro atoms. The van der Waals surface area contributed by atoms with Gasteiger partial charge in [-0.15, -0.1) is 0 Å². The highest BCUT2D eigenvalue weighted by molar-refractivity contribution is 6.33. The molecule has 7 heteroatoms. The molecule has 0 unspecified atom stereocenters. The van der Waals surface area contributed by atoms with Crippen LogP contribution in [0.1, 0.15) is 23.2 Å². The Morgan fingerprint density at radius 3 is 2.86 bits per heavy atom. The average molecular weight is 307 g/mol. The van der Waals surface area contributed by atoms with Crippen LogP contribution < -0.4 is 15.8 Å². The molecule has 0 radical (unpaired) electrons. The van der Waals surface area contributed by atoms with Gasteiger partial charge in [0.05, 0.1) is 28.9 Å². The number of hydrogen-bond donors (Lipinski definition) is 2. The van der Waals surface area contributed by atoms with E-state index in [0.29, 0.717) is 54.5 Å². The van der Waals surface area contributed by atoms with E-state index in [-0.39, 0.29) is 5.91 Å². The Bertz CT molecular complexity index is 633. The SMILES string of the molecule is N#CCN1CCC2(CC1)NC(=O)c1cc(Cl)c(N)cc1O2. The van der Waals surface area contributed by atoms with Gasteiger partial charge in [-0.05, 0) is 6.07 Å². The zero-order valence-electron chi connectivity index (χ0n) is 11.4. The van der Waals surface area contributed by atoms with Crippen molar-refractivity contribution in [2.75, 3.05) is 25.4 Å². The van der Waals surface area contributed by atoms with Gasteiger partial charge in [-0.25, -0.2) is 0 Å². The topological polar surface area (TPSA) is 91.4 Å². The molecule has 2 aliphatic heterocycles. The second kappa shape index (κ2) is 5.10. The number of carbonyl (C=O) groups is 1. The number of halogens is 1. The average Bonchev–Trinajstić information content (AvgIpc) is 2.44. The standard InChI is InChI=1S/C14H15ClN4O2/c15-10-7-9-12(8-11(10)17)21-14(18-13(9)20)1-4-19(5-2-14)6-3-16/h7-8H,1-2,4-6,17H2,(H,18,20). The number of fused-ring (bicyclic) bond motifs is 1. The zero-order chi connectivity index (χ0) is 15.0. The monoisotopic (exact) mass is 306 g/mol. The number of nitriles is 1. The lowest BCUT2D eigenvalue weighted by molar-refractivity contribution is -0.0264. The van der Waals surface area contributed by atoms with Gasteiger partial charge in [-0.2, -0.15) is 5.26 Å². The number of nitrogen functional groups attached to an aromatic ring is 1.